The molecule has 0 bridgehead atoms. The molecule has 0 amide bonds. The summed E-state index contributed by atoms with van der Waals surface area (Å²) >= 11 is 0. The van der Waals surface area contributed by atoms with E-state index in [1.807, 2.05) is 34.6 Å². The van der Waals surface area contributed by atoms with Crippen LogP contribution in [0.3, 0.4) is 0 Å². The summed E-state index contributed by atoms with van der Waals surface area (Å²) < 4.78 is 21.9. The Hall–Kier alpha value is -1.08. The molecule has 136 valence electrons. The van der Waals surface area contributed by atoms with Gasteiger partial charge < -0.3 is 18.8 Å². The van der Waals surface area contributed by atoms with Crippen molar-refractivity contribution in [2.24, 2.45) is 17.3 Å². The van der Waals surface area contributed by atoms with Gasteiger partial charge in [0.1, 0.15) is 0 Å². The Morgan fingerprint density at radius 2 is 1.46 bits per heavy atom. The fraction of sp³-hybridized carbons (Fsp3) is 0.882. The maximum atomic E-state index is 12.3. The van der Waals surface area contributed by atoms with Gasteiger partial charge in [0.25, 0.3) is 0 Å². The first kappa shape index (κ1) is 19.3. The monoisotopic (exact) mass is 340 g/mol. The largest absolute Gasteiger partial charge is 0.468 e. The molecule has 1 heterocycles. The molecule has 2 fully saturated rings. The van der Waals surface area contributed by atoms with Gasteiger partial charge in [0.2, 0.25) is 0 Å². The van der Waals surface area contributed by atoms with Gasteiger partial charge in [-0.25, -0.2) is 0 Å². The molecule has 24 heavy (non-hydrogen) atoms. The average molecular weight is 340 g/mol. The van der Waals surface area contributed by atoms with Crippen molar-refractivity contribution < 1.29 is 28.4 Å². The van der Waals surface area contributed by atoms with Crippen molar-refractivity contribution in [3.8, 4) is 0 Å². The predicted molar refractivity (Wildman–Crippen MR) is 89.2 cm³/mol. The van der Waals surface area contributed by atoms with Gasteiger partial charge >= 0.3 is 19.1 Å². The Morgan fingerprint density at radius 3 is 1.88 bits per heavy atom. The summed E-state index contributed by atoms with van der Waals surface area (Å²) in [6.45, 7) is 10.1. The van der Waals surface area contributed by atoms with Crippen LogP contribution in [0.15, 0.2) is 0 Å². The smallest absolute Gasteiger partial charge is 0.458 e. The van der Waals surface area contributed by atoms with Crippen molar-refractivity contribution in [1.82, 2.24) is 0 Å². The van der Waals surface area contributed by atoms with Gasteiger partial charge in [-0.1, -0.05) is 6.92 Å². The first-order valence-corrected chi connectivity index (χ1v) is 8.51. The Balaban J connectivity index is 2.14. The molecular weight excluding hydrogens is 311 g/mol. The molecule has 0 N–H and O–H groups in total. The quantitative estimate of drug-likeness (QED) is 0.445. The second-order valence-corrected chi connectivity index (χ2v) is 8.13. The van der Waals surface area contributed by atoms with Crippen LogP contribution in [0.25, 0.3) is 0 Å². The van der Waals surface area contributed by atoms with Crippen LogP contribution in [0.1, 0.15) is 47.5 Å². The number of hydrogen-bond acceptors (Lipinski definition) is 6. The SMILES string of the molecule is COC(=O)C1(C(=O)OC)C[C@H](CB2OC(C)(C)C(C)(C)O2)[C@@H](C)C1. The van der Waals surface area contributed by atoms with Crippen LogP contribution in [0.2, 0.25) is 6.32 Å². The maximum absolute atomic E-state index is 12.3. The molecule has 0 aromatic heterocycles. The van der Waals surface area contributed by atoms with Crippen LogP contribution in [-0.4, -0.2) is 44.5 Å². The molecule has 2 aliphatic rings. The summed E-state index contributed by atoms with van der Waals surface area (Å²) in [7, 11) is 2.27. The van der Waals surface area contributed by atoms with Crippen LogP contribution >= 0.6 is 0 Å². The Kier molecular flexibility index (Phi) is 5.08. The van der Waals surface area contributed by atoms with Gasteiger partial charge in [-0.15, -0.1) is 0 Å². The predicted octanol–water partition coefficient (Wildman–Crippen LogP) is 2.46. The van der Waals surface area contributed by atoms with E-state index in [0.717, 1.165) is 0 Å². The van der Waals surface area contributed by atoms with E-state index < -0.39 is 17.4 Å². The maximum Gasteiger partial charge on any atom is 0.458 e. The Morgan fingerprint density at radius 1 is 1.00 bits per heavy atom. The summed E-state index contributed by atoms with van der Waals surface area (Å²) in [6, 6.07) is 0. The lowest BCUT2D eigenvalue weighted by Gasteiger charge is -2.32. The van der Waals surface area contributed by atoms with Crippen molar-refractivity contribution in [3.63, 3.8) is 0 Å². The van der Waals surface area contributed by atoms with Crippen LogP contribution in [0.5, 0.6) is 0 Å². The Bertz CT molecular complexity index is 483. The zero-order valence-corrected chi connectivity index (χ0v) is 15.8. The zero-order valence-electron chi connectivity index (χ0n) is 15.8. The number of hydrogen-bond donors (Lipinski definition) is 0. The van der Waals surface area contributed by atoms with Crippen molar-refractivity contribution in [3.05, 3.63) is 0 Å². The summed E-state index contributed by atoms with van der Waals surface area (Å²) in [6.07, 6.45) is 1.47. The minimum Gasteiger partial charge on any atom is -0.468 e. The molecule has 0 radical (unpaired) electrons. The minimum atomic E-state index is -1.21. The van der Waals surface area contributed by atoms with E-state index in [-0.39, 0.29) is 30.2 Å². The van der Waals surface area contributed by atoms with Gasteiger partial charge in [-0.2, -0.15) is 0 Å². The molecule has 0 aromatic carbocycles. The highest BCUT2D eigenvalue weighted by molar-refractivity contribution is 6.45. The number of methoxy groups -OCH3 is 2. The molecule has 6 nitrogen and oxygen atoms in total. The lowest BCUT2D eigenvalue weighted by atomic mass is 9.73. The highest BCUT2D eigenvalue weighted by atomic mass is 16.7. The van der Waals surface area contributed by atoms with E-state index in [4.69, 9.17) is 18.8 Å². The van der Waals surface area contributed by atoms with Crippen molar-refractivity contribution in [2.75, 3.05) is 14.2 Å². The number of carbonyl (C=O) groups is 2. The van der Waals surface area contributed by atoms with Crippen LogP contribution in [0.4, 0.5) is 0 Å². The zero-order chi connectivity index (χ0) is 18.3. The van der Waals surface area contributed by atoms with Gasteiger partial charge in [-0.3, -0.25) is 9.59 Å². The lowest BCUT2D eigenvalue weighted by Crippen LogP contribution is -2.41. The third-order valence-corrected chi connectivity index (χ3v) is 6.04. The minimum absolute atomic E-state index is 0.123. The molecule has 0 spiro atoms. The van der Waals surface area contributed by atoms with Gasteiger partial charge in [-0.05, 0) is 58.7 Å². The van der Waals surface area contributed by atoms with Gasteiger partial charge in [0, 0.05) is 0 Å². The lowest BCUT2D eigenvalue weighted by molar-refractivity contribution is -0.169. The van der Waals surface area contributed by atoms with E-state index >= 15 is 0 Å². The van der Waals surface area contributed by atoms with E-state index in [1.165, 1.54) is 14.2 Å². The number of rotatable bonds is 4. The highest BCUT2D eigenvalue weighted by Gasteiger charge is 2.58. The van der Waals surface area contributed by atoms with E-state index in [0.29, 0.717) is 19.2 Å². The van der Waals surface area contributed by atoms with E-state index in [1.54, 1.807) is 0 Å². The fourth-order valence-electron chi connectivity index (χ4n) is 3.88. The van der Waals surface area contributed by atoms with Crippen LogP contribution < -0.4 is 0 Å². The fourth-order valence-corrected chi connectivity index (χ4v) is 3.88. The molecule has 0 aromatic rings. The molecule has 1 aliphatic heterocycles. The summed E-state index contributed by atoms with van der Waals surface area (Å²) in [5.41, 5.74) is -1.99. The number of carbonyl (C=O) groups excluding carboxylic acids is 2. The molecule has 2 rings (SSSR count). The van der Waals surface area contributed by atoms with E-state index in [2.05, 4.69) is 0 Å². The number of esters is 2. The van der Waals surface area contributed by atoms with Crippen LogP contribution in [0, 0.1) is 17.3 Å². The molecule has 7 heteroatoms. The third-order valence-electron chi connectivity index (χ3n) is 6.04. The molecular formula is C17H29BO6. The topological polar surface area (TPSA) is 71.1 Å². The van der Waals surface area contributed by atoms with Crippen LogP contribution in [-0.2, 0) is 28.4 Å². The molecule has 1 saturated carbocycles. The van der Waals surface area contributed by atoms with Crippen molar-refractivity contribution in [1.29, 1.82) is 0 Å². The normalized spacial score (nSPS) is 30.2. The van der Waals surface area contributed by atoms with Crippen molar-refractivity contribution in [2.45, 2.75) is 65.0 Å². The number of ether oxygens (including phenoxy) is 2. The summed E-state index contributed by atoms with van der Waals surface area (Å²) in [4.78, 5) is 24.6. The van der Waals surface area contributed by atoms with Crippen molar-refractivity contribution >= 4 is 19.1 Å². The molecule has 2 atom stereocenters. The molecule has 1 aliphatic carbocycles. The average Bonchev–Trinajstić information content (AvgIpc) is 2.92. The first-order valence-electron chi connectivity index (χ1n) is 8.51. The van der Waals surface area contributed by atoms with Gasteiger partial charge in [0.05, 0.1) is 25.4 Å². The second kappa shape index (κ2) is 6.34. The molecule has 1 saturated heterocycles. The Labute approximate surface area is 144 Å². The second-order valence-electron chi connectivity index (χ2n) is 8.13. The summed E-state index contributed by atoms with van der Waals surface area (Å²) in [5.74, 6) is -0.740. The standard InChI is InChI=1S/C17H29BO6/c1-11-8-17(13(19)21-6,14(20)22-7)9-12(11)10-18-23-15(2,3)16(4,5)24-18/h11-12H,8-10H2,1-7H3/t11-,12+/m0/s1. The van der Waals surface area contributed by atoms with Gasteiger partial charge in [0.15, 0.2) is 5.41 Å². The third kappa shape index (κ3) is 3.08. The highest BCUT2D eigenvalue weighted by Crippen LogP contribution is 2.50. The molecule has 0 unspecified atom stereocenters. The summed E-state index contributed by atoms with van der Waals surface area (Å²) in [5, 5.41) is 0. The first-order chi connectivity index (χ1) is 11.0. The van der Waals surface area contributed by atoms with E-state index in [9.17, 15) is 9.59 Å².